The molecule has 0 aromatic carbocycles. The highest BCUT2D eigenvalue weighted by Crippen LogP contribution is 2.24. The van der Waals surface area contributed by atoms with Crippen LogP contribution in [0.25, 0.3) is 0 Å². The van der Waals surface area contributed by atoms with Gasteiger partial charge in [-0.25, -0.2) is 0 Å². The smallest absolute Gasteiger partial charge is 0.0499 e. The minimum atomic E-state index is 0.418. The monoisotopic (exact) mass is 205 g/mol. The van der Waals surface area contributed by atoms with Crippen molar-refractivity contribution in [3.63, 3.8) is 0 Å². The number of likely N-dealkylation sites (tertiary alicyclic amines) is 1. The topological polar surface area (TPSA) is 3.24 Å². The van der Waals surface area contributed by atoms with Gasteiger partial charge in [0, 0.05) is 10.6 Å². The molecule has 1 aliphatic rings. The number of nitrogens with zero attached hydrogens (tertiary/aromatic N) is 1. The largest absolute Gasteiger partial charge is 0.292 e. The van der Waals surface area contributed by atoms with E-state index in [1.54, 1.807) is 0 Å². The van der Waals surface area contributed by atoms with Crippen LogP contribution in [-0.4, -0.2) is 28.6 Å². The van der Waals surface area contributed by atoms with Gasteiger partial charge in [0.15, 0.2) is 0 Å². The van der Waals surface area contributed by atoms with Gasteiger partial charge in [-0.1, -0.05) is 6.92 Å². The minimum Gasteiger partial charge on any atom is -0.292 e. The molecule has 0 radical (unpaired) electrons. The Morgan fingerprint density at radius 1 is 1.17 bits per heavy atom. The van der Waals surface area contributed by atoms with Crippen LogP contribution in [0.4, 0.5) is 0 Å². The molecule has 0 saturated carbocycles. The zero-order chi connectivity index (χ0) is 9.14. The van der Waals surface area contributed by atoms with Crippen LogP contribution in [0, 0.1) is 5.92 Å². The van der Waals surface area contributed by atoms with Crippen LogP contribution in [0.2, 0.25) is 0 Å². The molecule has 0 aliphatic carbocycles. The molecule has 1 aliphatic heterocycles. The molecule has 2 atom stereocenters. The predicted octanol–water partition coefficient (Wildman–Crippen LogP) is 2.29. The summed E-state index contributed by atoms with van der Waals surface area (Å²) in [5.74, 6) is 0.816. The van der Waals surface area contributed by atoms with Crippen molar-refractivity contribution >= 4 is 25.3 Å². The van der Waals surface area contributed by atoms with Gasteiger partial charge in [0.25, 0.3) is 0 Å². The van der Waals surface area contributed by atoms with Crippen LogP contribution in [0.3, 0.4) is 0 Å². The summed E-state index contributed by atoms with van der Waals surface area (Å²) in [6.07, 6.45) is 2.57. The van der Waals surface area contributed by atoms with E-state index in [-0.39, 0.29) is 0 Å². The van der Waals surface area contributed by atoms with Crippen LogP contribution < -0.4 is 0 Å². The van der Waals surface area contributed by atoms with Gasteiger partial charge < -0.3 is 0 Å². The molecule has 0 aromatic heterocycles. The highest BCUT2D eigenvalue weighted by molar-refractivity contribution is 7.81. The van der Waals surface area contributed by atoms with Crippen LogP contribution in [0.5, 0.6) is 0 Å². The molecule has 2 unspecified atom stereocenters. The standard InChI is InChI=1S/C9H19NS2/c1-7(11)9-3-5-10(6-4-9)8(2)12/h7-9,11-12H,3-6H2,1-2H3. The lowest BCUT2D eigenvalue weighted by atomic mass is 9.94. The summed E-state index contributed by atoms with van der Waals surface area (Å²) in [5, 5.41) is 0.976. The van der Waals surface area contributed by atoms with Crippen LogP contribution in [0.15, 0.2) is 0 Å². The van der Waals surface area contributed by atoms with Crippen LogP contribution >= 0.6 is 25.3 Å². The Morgan fingerprint density at radius 3 is 2.00 bits per heavy atom. The molecular formula is C9H19NS2. The van der Waals surface area contributed by atoms with Crippen molar-refractivity contribution in [1.29, 1.82) is 0 Å². The van der Waals surface area contributed by atoms with E-state index in [1.807, 2.05) is 0 Å². The quantitative estimate of drug-likeness (QED) is 0.654. The zero-order valence-corrected chi connectivity index (χ0v) is 9.69. The highest BCUT2D eigenvalue weighted by atomic mass is 32.1. The summed E-state index contributed by atoms with van der Waals surface area (Å²) in [4.78, 5) is 2.43. The van der Waals surface area contributed by atoms with E-state index in [9.17, 15) is 0 Å². The Bertz CT molecular complexity index is 112. The molecule has 1 saturated heterocycles. The van der Waals surface area contributed by atoms with Gasteiger partial charge in [0.2, 0.25) is 0 Å². The molecule has 1 rings (SSSR count). The first-order valence-electron chi connectivity index (χ1n) is 4.71. The molecule has 3 heteroatoms. The van der Waals surface area contributed by atoms with E-state index in [0.717, 1.165) is 5.92 Å². The third-order valence-electron chi connectivity index (χ3n) is 2.78. The molecule has 0 amide bonds. The summed E-state index contributed by atoms with van der Waals surface area (Å²) in [5.41, 5.74) is 0. The first-order valence-corrected chi connectivity index (χ1v) is 5.74. The lowest BCUT2D eigenvalue weighted by molar-refractivity contribution is 0.180. The third kappa shape index (κ3) is 2.86. The molecule has 1 heterocycles. The van der Waals surface area contributed by atoms with Crippen molar-refractivity contribution in [2.24, 2.45) is 5.92 Å². The number of hydrogen-bond donors (Lipinski definition) is 2. The minimum absolute atomic E-state index is 0.418. The van der Waals surface area contributed by atoms with Crippen molar-refractivity contribution < 1.29 is 0 Å². The summed E-state index contributed by atoms with van der Waals surface area (Å²) < 4.78 is 0. The Hall–Kier alpha value is 0.660. The molecule has 1 nitrogen and oxygen atoms in total. The molecule has 0 N–H and O–H groups in total. The van der Waals surface area contributed by atoms with E-state index >= 15 is 0 Å². The van der Waals surface area contributed by atoms with Crippen LogP contribution in [-0.2, 0) is 0 Å². The first kappa shape index (κ1) is 10.7. The second-order valence-electron chi connectivity index (χ2n) is 3.75. The van der Waals surface area contributed by atoms with Gasteiger partial charge in [0.05, 0.1) is 0 Å². The lowest BCUT2D eigenvalue weighted by Crippen LogP contribution is -2.39. The maximum absolute atomic E-state index is 4.48. The van der Waals surface area contributed by atoms with Gasteiger partial charge in [-0.2, -0.15) is 25.3 Å². The Kier molecular flexibility index (Phi) is 4.27. The summed E-state index contributed by atoms with van der Waals surface area (Å²) >= 11 is 8.91. The fraction of sp³-hybridized carbons (Fsp3) is 1.00. The van der Waals surface area contributed by atoms with Crippen molar-refractivity contribution in [2.45, 2.75) is 37.3 Å². The fourth-order valence-corrected chi connectivity index (χ4v) is 2.30. The molecule has 0 aromatic rings. The van der Waals surface area contributed by atoms with E-state index in [4.69, 9.17) is 0 Å². The molecule has 0 bridgehead atoms. The fourth-order valence-electron chi connectivity index (χ4n) is 1.78. The normalized spacial score (nSPS) is 27.0. The lowest BCUT2D eigenvalue weighted by Gasteiger charge is -2.35. The van der Waals surface area contributed by atoms with Gasteiger partial charge in [0.1, 0.15) is 0 Å². The van der Waals surface area contributed by atoms with Crippen molar-refractivity contribution in [3.05, 3.63) is 0 Å². The van der Waals surface area contributed by atoms with Gasteiger partial charge in [-0.3, -0.25) is 4.90 Å². The molecule has 12 heavy (non-hydrogen) atoms. The molecular weight excluding hydrogens is 186 g/mol. The maximum atomic E-state index is 4.48. The van der Waals surface area contributed by atoms with Gasteiger partial charge >= 0.3 is 0 Å². The Morgan fingerprint density at radius 2 is 1.67 bits per heavy atom. The van der Waals surface area contributed by atoms with E-state index in [2.05, 4.69) is 44.0 Å². The number of rotatable bonds is 2. The molecule has 0 spiro atoms. The van der Waals surface area contributed by atoms with E-state index in [1.165, 1.54) is 25.9 Å². The predicted molar refractivity (Wildman–Crippen MR) is 61.2 cm³/mol. The highest BCUT2D eigenvalue weighted by Gasteiger charge is 2.23. The number of thiol groups is 2. The van der Waals surface area contributed by atoms with Crippen LogP contribution in [0.1, 0.15) is 26.7 Å². The maximum Gasteiger partial charge on any atom is 0.0499 e. The van der Waals surface area contributed by atoms with E-state index < -0.39 is 0 Å². The number of piperidine rings is 1. The molecule has 1 fully saturated rings. The summed E-state index contributed by atoms with van der Waals surface area (Å²) in [7, 11) is 0. The second kappa shape index (κ2) is 4.77. The average molecular weight is 205 g/mol. The summed E-state index contributed by atoms with van der Waals surface area (Å²) in [6, 6.07) is 0. The Labute approximate surface area is 86.7 Å². The van der Waals surface area contributed by atoms with Crippen molar-refractivity contribution in [3.8, 4) is 0 Å². The zero-order valence-electron chi connectivity index (χ0n) is 7.90. The molecule has 72 valence electrons. The Balaban J connectivity index is 2.30. The summed E-state index contributed by atoms with van der Waals surface area (Å²) in [6.45, 7) is 6.74. The number of hydrogen-bond acceptors (Lipinski definition) is 3. The average Bonchev–Trinajstić information content (AvgIpc) is 2.04. The van der Waals surface area contributed by atoms with Gasteiger partial charge in [-0.15, -0.1) is 0 Å². The van der Waals surface area contributed by atoms with E-state index in [0.29, 0.717) is 10.6 Å². The van der Waals surface area contributed by atoms with Gasteiger partial charge in [-0.05, 0) is 38.8 Å². The third-order valence-corrected chi connectivity index (χ3v) is 3.53. The first-order chi connectivity index (χ1) is 5.61. The SMILES string of the molecule is CC(S)C1CCN(C(C)S)CC1. The van der Waals surface area contributed by atoms with Crippen molar-refractivity contribution in [1.82, 2.24) is 4.90 Å². The second-order valence-corrected chi connectivity index (χ2v) is 5.31. The van der Waals surface area contributed by atoms with Crippen molar-refractivity contribution in [2.75, 3.05) is 13.1 Å².